The van der Waals surface area contributed by atoms with Gasteiger partial charge in [0.2, 0.25) is 0 Å². The van der Waals surface area contributed by atoms with Gasteiger partial charge in [0.05, 0.1) is 11.4 Å². The van der Waals surface area contributed by atoms with E-state index in [-0.39, 0.29) is 5.92 Å². The van der Waals surface area contributed by atoms with E-state index < -0.39 is 0 Å². The van der Waals surface area contributed by atoms with Crippen LogP contribution in [0, 0.1) is 0 Å². The van der Waals surface area contributed by atoms with Crippen LogP contribution >= 0.6 is 0 Å². The van der Waals surface area contributed by atoms with E-state index in [4.69, 9.17) is 10.2 Å². The second kappa shape index (κ2) is 7.26. The monoisotopic (exact) mass is 438 g/mol. The highest BCUT2D eigenvalue weighted by Gasteiger charge is 2.27. The van der Waals surface area contributed by atoms with Gasteiger partial charge in [-0.2, -0.15) is 0 Å². The molecule has 1 aromatic heterocycles. The van der Waals surface area contributed by atoms with Crippen molar-refractivity contribution in [1.29, 1.82) is 0 Å². The fourth-order valence-electron chi connectivity index (χ4n) is 5.23. The molecule has 2 N–H and O–H groups in total. The summed E-state index contributed by atoms with van der Waals surface area (Å²) < 4.78 is 6.19. The van der Waals surface area contributed by atoms with Gasteiger partial charge in [0, 0.05) is 33.6 Å². The molecule has 1 aliphatic heterocycles. The maximum Gasteiger partial charge on any atom is 0.136 e. The fourth-order valence-corrected chi connectivity index (χ4v) is 5.23. The van der Waals surface area contributed by atoms with Crippen LogP contribution in [0.5, 0.6) is 0 Å². The molecule has 0 radical (unpaired) electrons. The first kappa shape index (κ1) is 19.0. The minimum atomic E-state index is 0.258. The van der Waals surface area contributed by atoms with Crippen molar-refractivity contribution >= 4 is 39.0 Å². The first-order valence-corrected chi connectivity index (χ1v) is 11.5. The number of nitrogens with zero attached hydrogens (tertiary/aromatic N) is 1. The lowest BCUT2D eigenvalue weighted by Crippen LogP contribution is -2.22. The number of fused-ring (bicyclic) bond motifs is 6. The van der Waals surface area contributed by atoms with E-state index in [1.54, 1.807) is 0 Å². The Balaban J connectivity index is 1.46. The van der Waals surface area contributed by atoms with Gasteiger partial charge >= 0.3 is 0 Å². The number of allylic oxidation sites excluding steroid dienone is 5. The number of anilines is 3. The van der Waals surface area contributed by atoms with Crippen molar-refractivity contribution in [2.24, 2.45) is 0 Å². The fraction of sp³-hybridized carbons (Fsp3) is 0.0323. The van der Waals surface area contributed by atoms with Gasteiger partial charge in [0.25, 0.3) is 0 Å². The third kappa shape index (κ3) is 2.84. The van der Waals surface area contributed by atoms with Crippen molar-refractivity contribution in [3.05, 3.63) is 127 Å². The normalized spacial score (nSPS) is 16.5. The maximum atomic E-state index is 6.34. The Morgan fingerprint density at radius 2 is 1.59 bits per heavy atom. The summed E-state index contributed by atoms with van der Waals surface area (Å²) in [5, 5.41) is 2.27. The molecule has 2 aliphatic rings. The highest BCUT2D eigenvalue weighted by molar-refractivity contribution is 6.06. The number of nitrogens with two attached hydrogens (primary N) is 1. The Bertz CT molecular complexity index is 1680. The zero-order chi connectivity index (χ0) is 22.6. The van der Waals surface area contributed by atoms with Crippen molar-refractivity contribution in [2.45, 2.75) is 5.92 Å². The maximum absolute atomic E-state index is 6.34. The van der Waals surface area contributed by atoms with Gasteiger partial charge < -0.3 is 15.1 Å². The van der Waals surface area contributed by atoms with Crippen molar-refractivity contribution in [2.75, 3.05) is 10.6 Å². The predicted molar refractivity (Wildman–Crippen MR) is 141 cm³/mol. The van der Waals surface area contributed by atoms with Gasteiger partial charge in [-0.3, -0.25) is 0 Å². The molecule has 3 heteroatoms. The second-order valence-electron chi connectivity index (χ2n) is 8.84. The smallest absolute Gasteiger partial charge is 0.136 e. The minimum Gasteiger partial charge on any atom is -0.456 e. The van der Waals surface area contributed by atoms with Crippen LogP contribution in [0.3, 0.4) is 0 Å². The Morgan fingerprint density at radius 3 is 2.56 bits per heavy atom. The predicted octanol–water partition coefficient (Wildman–Crippen LogP) is 8.08. The molecule has 0 saturated carbocycles. The summed E-state index contributed by atoms with van der Waals surface area (Å²) in [5.74, 6) is 0.258. The van der Waals surface area contributed by atoms with E-state index in [0.717, 1.165) is 50.1 Å². The molecule has 0 spiro atoms. The number of rotatable bonds is 2. The molecule has 2 heterocycles. The number of hydrogen-bond donors (Lipinski definition) is 1. The molecule has 3 nitrogen and oxygen atoms in total. The zero-order valence-corrected chi connectivity index (χ0v) is 18.5. The SMILES string of the molecule is Nc1ccc(-c2ccc3c(c2)oc2ccccc23)c(N2C3=CC(C=CC=C3)c3ccccc32)c1. The minimum absolute atomic E-state index is 0.258. The van der Waals surface area contributed by atoms with Gasteiger partial charge in [0.1, 0.15) is 11.2 Å². The number of para-hydroxylation sites is 2. The molecule has 7 rings (SSSR count). The summed E-state index contributed by atoms with van der Waals surface area (Å²) >= 11 is 0. The molecule has 0 fully saturated rings. The molecule has 0 saturated heterocycles. The van der Waals surface area contributed by atoms with E-state index in [1.165, 1.54) is 11.3 Å². The topological polar surface area (TPSA) is 42.4 Å². The third-order valence-electron chi connectivity index (χ3n) is 6.79. The van der Waals surface area contributed by atoms with E-state index in [9.17, 15) is 0 Å². The van der Waals surface area contributed by atoms with Crippen LogP contribution in [0.4, 0.5) is 17.1 Å². The van der Waals surface area contributed by atoms with Crippen LogP contribution in [0.2, 0.25) is 0 Å². The molecule has 162 valence electrons. The number of hydrogen-bond acceptors (Lipinski definition) is 3. The summed E-state index contributed by atoms with van der Waals surface area (Å²) in [6.45, 7) is 0. The molecular weight excluding hydrogens is 416 g/mol. The van der Waals surface area contributed by atoms with E-state index in [2.05, 4.69) is 95.9 Å². The van der Waals surface area contributed by atoms with Gasteiger partial charge in [-0.25, -0.2) is 0 Å². The Kier molecular flexibility index (Phi) is 4.06. The van der Waals surface area contributed by atoms with Crippen molar-refractivity contribution in [1.82, 2.24) is 0 Å². The van der Waals surface area contributed by atoms with Crippen molar-refractivity contribution < 1.29 is 4.42 Å². The highest BCUT2D eigenvalue weighted by Crippen LogP contribution is 2.47. The molecule has 1 unspecified atom stereocenters. The average Bonchev–Trinajstić information content (AvgIpc) is 3.11. The molecule has 0 amide bonds. The van der Waals surface area contributed by atoms with E-state index in [1.807, 2.05) is 24.3 Å². The molecule has 34 heavy (non-hydrogen) atoms. The molecule has 5 aromatic rings. The lowest BCUT2D eigenvalue weighted by atomic mass is 9.90. The van der Waals surface area contributed by atoms with Gasteiger partial charge in [-0.15, -0.1) is 0 Å². The van der Waals surface area contributed by atoms with E-state index >= 15 is 0 Å². The Hall–Kier alpha value is -4.50. The third-order valence-corrected chi connectivity index (χ3v) is 6.79. The Morgan fingerprint density at radius 1 is 0.735 bits per heavy atom. The van der Waals surface area contributed by atoms with Crippen LogP contribution in [0.1, 0.15) is 11.5 Å². The highest BCUT2D eigenvalue weighted by atomic mass is 16.3. The number of benzene rings is 4. The number of nitrogen functional groups attached to an aromatic ring is 1. The van der Waals surface area contributed by atoms with E-state index in [0.29, 0.717) is 0 Å². The molecule has 2 bridgehead atoms. The Labute approximate surface area is 197 Å². The van der Waals surface area contributed by atoms with Gasteiger partial charge in [-0.1, -0.05) is 66.8 Å². The van der Waals surface area contributed by atoms with Crippen LogP contribution in [-0.4, -0.2) is 0 Å². The van der Waals surface area contributed by atoms with Crippen LogP contribution in [0.15, 0.2) is 125 Å². The van der Waals surface area contributed by atoms with Gasteiger partial charge in [-0.05, 0) is 59.7 Å². The molecule has 1 aliphatic carbocycles. The van der Waals surface area contributed by atoms with Crippen LogP contribution < -0.4 is 10.6 Å². The lowest BCUT2D eigenvalue weighted by Gasteiger charge is -2.35. The van der Waals surface area contributed by atoms with Crippen molar-refractivity contribution in [3.8, 4) is 11.1 Å². The first-order chi connectivity index (χ1) is 16.8. The average molecular weight is 439 g/mol. The lowest BCUT2D eigenvalue weighted by molar-refractivity contribution is 0.669. The molecule has 4 aromatic carbocycles. The molecular formula is C31H22N2O. The largest absolute Gasteiger partial charge is 0.456 e. The summed E-state index contributed by atoms with van der Waals surface area (Å²) in [4.78, 5) is 2.32. The van der Waals surface area contributed by atoms with Gasteiger partial charge in [0.15, 0.2) is 0 Å². The summed E-state index contributed by atoms with van der Waals surface area (Å²) in [6.07, 6.45) is 11.0. The summed E-state index contributed by atoms with van der Waals surface area (Å²) in [5.41, 5.74) is 15.7. The number of furan rings is 1. The van der Waals surface area contributed by atoms with Crippen LogP contribution in [0.25, 0.3) is 33.1 Å². The van der Waals surface area contributed by atoms with Crippen molar-refractivity contribution in [3.63, 3.8) is 0 Å². The molecule has 1 atom stereocenters. The summed E-state index contributed by atoms with van der Waals surface area (Å²) in [7, 11) is 0. The summed E-state index contributed by atoms with van der Waals surface area (Å²) in [6, 6.07) is 29.4. The zero-order valence-electron chi connectivity index (χ0n) is 18.5. The van der Waals surface area contributed by atoms with Crippen LogP contribution in [-0.2, 0) is 0 Å². The second-order valence-corrected chi connectivity index (χ2v) is 8.84. The first-order valence-electron chi connectivity index (χ1n) is 11.5. The standard InChI is InChI=1S/C31H22N2O/c32-22-14-16-25(21-13-15-27-26-10-4-6-12-30(26)34-31(27)18-21)29(19-22)33-23-8-2-1-7-20(17-23)24-9-3-5-11-28(24)33/h1-20H,32H2. The quantitative estimate of drug-likeness (QED) is 0.283.